The minimum absolute atomic E-state index is 0.0784. The van der Waals surface area contributed by atoms with Gasteiger partial charge in [0.05, 0.1) is 12.5 Å². The van der Waals surface area contributed by atoms with Crippen molar-refractivity contribution in [2.24, 2.45) is 5.92 Å². The van der Waals surface area contributed by atoms with Crippen molar-refractivity contribution in [2.75, 3.05) is 6.61 Å². The average Bonchev–Trinajstić information content (AvgIpc) is 2.75. The maximum absolute atomic E-state index is 12.4. The molecule has 0 bridgehead atoms. The fraction of sp³-hybridized carbons (Fsp3) is 0.964. The number of ether oxygens (including phenoxy) is 1. The van der Waals surface area contributed by atoms with E-state index in [0.717, 1.165) is 25.7 Å². The number of rotatable bonds is 24. The number of carbonyl (C=O) groups is 1. The first-order valence-electron chi connectivity index (χ1n) is 13.9. The molecule has 0 saturated carbocycles. The number of carbonyl (C=O) groups excluding carboxylic acids is 1. The molecule has 0 amide bonds. The normalized spacial score (nSPS) is 12.2. The second kappa shape index (κ2) is 24.7. The molecule has 0 fully saturated rings. The zero-order valence-corrected chi connectivity index (χ0v) is 21.2. The summed E-state index contributed by atoms with van der Waals surface area (Å²) in [6, 6.07) is 0. The lowest BCUT2D eigenvalue weighted by Crippen LogP contribution is -2.18. The van der Waals surface area contributed by atoms with Crippen molar-refractivity contribution in [3.63, 3.8) is 0 Å². The van der Waals surface area contributed by atoms with Crippen LogP contribution in [-0.2, 0) is 9.53 Å². The fourth-order valence-corrected chi connectivity index (χ4v) is 4.24. The molecule has 0 saturated heterocycles. The third-order valence-corrected chi connectivity index (χ3v) is 6.39. The molecule has 0 aliphatic heterocycles. The highest BCUT2D eigenvalue weighted by molar-refractivity contribution is 5.72. The summed E-state index contributed by atoms with van der Waals surface area (Å²) < 4.78 is 5.58. The van der Waals surface area contributed by atoms with Gasteiger partial charge in [0.15, 0.2) is 0 Å². The van der Waals surface area contributed by atoms with Gasteiger partial charge in [0, 0.05) is 0 Å². The molecule has 0 N–H and O–H groups in total. The van der Waals surface area contributed by atoms with Crippen LogP contribution in [0.15, 0.2) is 0 Å². The van der Waals surface area contributed by atoms with Gasteiger partial charge in [0.25, 0.3) is 0 Å². The van der Waals surface area contributed by atoms with E-state index in [9.17, 15) is 4.79 Å². The van der Waals surface area contributed by atoms with E-state index in [0.29, 0.717) is 6.61 Å². The first-order chi connectivity index (χ1) is 14.8. The van der Waals surface area contributed by atoms with Gasteiger partial charge in [0.1, 0.15) is 0 Å². The summed E-state index contributed by atoms with van der Waals surface area (Å²) in [4.78, 5) is 12.4. The molecule has 0 aliphatic rings. The molecular formula is C28H56O2. The third-order valence-electron chi connectivity index (χ3n) is 6.39. The fourth-order valence-electron chi connectivity index (χ4n) is 4.24. The molecule has 2 heteroatoms. The number of esters is 1. The van der Waals surface area contributed by atoms with Crippen molar-refractivity contribution < 1.29 is 9.53 Å². The van der Waals surface area contributed by atoms with Crippen molar-refractivity contribution in [3.05, 3.63) is 0 Å². The zero-order chi connectivity index (χ0) is 22.1. The summed E-state index contributed by atoms with van der Waals surface area (Å²) in [6.07, 6.45) is 28.4. The van der Waals surface area contributed by atoms with Gasteiger partial charge in [-0.25, -0.2) is 0 Å². The minimum Gasteiger partial charge on any atom is -0.465 e. The van der Waals surface area contributed by atoms with Crippen molar-refractivity contribution >= 4 is 5.97 Å². The van der Waals surface area contributed by atoms with Crippen LogP contribution in [0.1, 0.15) is 162 Å². The van der Waals surface area contributed by atoms with E-state index in [-0.39, 0.29) is 11.9 Å². The van der Waals surface area contributed by atoms with Gasteiger partial charge < -0.3 is 4.74 Å². The largest absolute Gasteiger partial charge is 0.465 e. The van der Waals surface area contributed by atoms with Crippen LogP contribution >= 0.6 is 0 Å². The van der Waals surface area contributed by atoms with Crippen LogP contribution in [0, 0.1) is 5.92 Å². The summed E-state index contributed by atoms with van der Waals surface area (Å²) in [5.41, 5.74) is 0. The van der Waals surface area contributed by atoms with E-state index in [1.807, 2.05) is 0 Å². The van der Waals surface area contributed by atoms with Crippen LogP contribution in [0.4, 0.5) is 0 Å². The van der Waals surface area contributed by atoms with Gasteiger partial charge in [-0.3, -0.25) is 4.79 Å². The van der Waals surface area contributed by atoms with E-state index in [1.165, 1.54) is 116 Å². The third kappa shape index (κ3) is 20.7. The molecule has 1 atom stereocenters. The zero-order valence-electron chi connectivity index (χ0n) is 21.2. The van der Waals surface area contributed by atoms with E-state index < -0.39 is 0 Å². The SMILES string of the molecule is CCCCCCCCCCCCCCCCC(CCCC)C(=O)OCCCCCC. The molecule has 0 aromatic heterocycles. The number of hydrogen-bond donors (Lipinski definition) is 0. The lowest BCUT2D eigenvalue weighted by atomic mass is 9.95. The summed E-state index contributed by atoms with van der Waals surface area (Å²) in [5, 5.41) is 0. The summed E-state index contributed by atoms with van der Waals surface area (Å²) >= 11 is 0. The van der Waals surface area contributed by atoms with Gasteiger partial charge >= 0.3 is 5.97 Å². The van der Waals surface area contributed by atoms with Crippen molar-refractivity contribution in [1.82, 2.24) is 0 Å². The average molecular weight is 425 g/mol. The van der Waals surface area contributed by atoms with Gasteiger partial charge in [-0.1, -0.05) is 143 Å². The van der Waals surface area contributed by atoms with Crippen LogP contribution < -0.4 is 0 Å². The first-order valence-corrected chi connectivity index (χ1v) is 13.9. The first kappa shape index (κ1) is 29.5. The van der Waals surface area contributed by atoms with Crippen molar-refractivity contribution in [1.29, 1.82) is 0 Å². The molecule has 0 aliphatic carbocycles. The quantitative estimate of drug-likeness (QED) is 0.114. The molecule has 0 aromatic rings. The Kier molecular flexibility index (Phi) is 24.3. The Morgan fingerprint density at radius 2 is 0.867 bits per heavy atom. The Morgan fingerprint density at radius 3 is 1.33 bits per heavy atom. The number of hydrogen-bond acceptors (Lipinski definition) is 2. The molecule has 180 valence electrons. The Bertz CT molecular complexity index is 340. The second-order valence-corrected chi connectivity index (χ2v) is 9.45. The Morgan fingerprint density at radius 1 is 0.500 bits per heavy atom. The highest BCUT2D eigenvalue weighted by Crippen LogP contribution is 2.20. The minimum atomic E-state index is 0.0784. The predicted molar refractivity (Wildman–Crippen MR) is 133 cm³/mol. The van der Waals surface area contributed by atoms with Crippen LogP contribution in [0.5, 0.6) is 0 Å². The molecule has 0 spiro atoms. The molecular weight excluding hydrogens is 368 g/mol. The summed E-state index contributed by atoms with van der Waals surface area (Å²) in [6.45, 7) is 7.33. The highest BCUT2D eigenvalue weighted by Gasteiger charge is 2.18. The topological polar surface area (TPSA) is 26.3 Å². The van der Waals surface area contributed by atoms with Gasteiger partial charge in [-0.2, -0.15) is 0 Å². The summed E-state index contributed by atoms with van der Waals surface area (Å²) in [7, 11) is 0. The van der Waals surface area contributed by atoms with Crippen molar-refractivity contribution in [2.45, 2.75) is 162 Å². The standard InChI is InChI=1S/C28H56O2/c1-4-7-10-12-13-14-15-16-17-18-19-20-21-22-25-27(24-9-6-3)28(29)30-26-23-11-8-5-2/h27H,4-26H2,1-3H3. The van der Waals surface area contributed by atoms with Crippen LogP contribution in [-0.4, -0.2) is 12.6 Å². The highest BCUT2D eigenvalue weighted by atomic mass is 16.5. The van der Waals surface area contributed by atoms with Gasteiger partial charge in [0.2, 0.25) is 0 Å². The molecule has 1 unspecified atom stereocenters. The molecule has 2 nitrogen and oxygen atoms in total. The monoisotopic (exact) mass is 424 g/mol. The van der Waals surface area contributed by atoms with Crippen LogP contribution in [0.2, 0.25) is 0 Å². The van der Waals surface area contributed by atoms with Crippen molar-refractivity contribution in [3.8, 4) is 0 Å². The van der Waals surface area contributed by atoms with Gasteiger partial charge in [-0.05, 0) is 19.3 Å². The van der Waals surface area contributed by atoms with E-state index in [4.69, 9.17) is 4.74 Å². The van der Waals surface area contributed by atoms with Crippen LogP contribution in [0.25, 0.3) is 0 Å². The molecule has 0 aromatic carbocycles. The van der Waals surface area contributed by atoms with E-state index >= 15 is 0 Å². The molecule has 0 rings (SSSR count). The Hall–Kier alpha value is -0.530. The van der Waals surface area contributed by atoms with Crippen LogP contribution in [0.3, 0.4) is 0 Å². The Labute approximate surface area is 190 Å². The summed E-state index contributed by atoms with van der Waals surface area (Å²) in [5.74, 6) is 0.225. The lowest BCUT2D eigenvalue weighted by Gasteiger charge is -2.16. The molecule has 30 heavy (non-hydrogen) atoms. The maximum atomic E-state index is 12.4. The van der Waals surface area contributed by atoms with E-state index in [2.05, 4.69) is 20.8 Å². The second-order valence-electron chi connectivity index (χ2n) is 9.45. The maximum Gasteiger partial charge on any atom is 0.308 e. The van der Waals surface area contributed by atoms with E-state index in [1.54, 1.807) is 0 Å². The predicted octanol–water partition coefficient (Wildman–Crippen LogP) is 9.79. The number of unbranched alkanes of at least 4 members (excludes halogenated alkanes) is 17. The molecule has 0 radical (unpaired) electrons. The Balaban J connectivity index is 3.61. The smallest absolute Gasteiger partial charge is 0.308 e. The van der Waals surface area contributed by atoms with Gasteiger partial charge in [-0.15, -0.1) is 0 Å². The lowest BCUT2D eigenvalue weighted by molar-refractivity contribution is -0.149. The molecule has 0 heterocycles.